The minimum absolute atomic E-state index is 0.0140. The van der Waals surface area contributed by atoms with Crippen molar-refractivity contribution in [1.82, 2.24) is 5.32 Å². The van der Waals surface area contributed by atoms with E-state index in [0.717, 1.165) is 4.90 Å². The number of imide groups is 1. The minimum Gasteiger partial charge on any atom is -0.493 e. The molecule has 1 fully saturated rings. The summed E-state index contributed by atoms with van der Waals surface area (Å²) in [6, 6.07) is 29.5. The van der Waals surface area contributed by atoms with Gasteiger partial charge in [0.25, 0.3) is 11.8 Å². The van der Waals surface area contributed by atoms with Crippen LogP contribution < -0.4 is 25.0 Å². The normalized spacial score (nSPS) is 14.7. The van der Waals surface area contributed by atoms with E-state index < -0.39 is 17.1 Å². The number of amides is 4. The lowest BCUT2D eigenvalue weighted by molar-refractivity contribution is -0.121. The van der Waals surface area contributed by atoms with Crippen LogP contribution in [0.2, 0.25) is 0 Å². The van der Waals surface area contributed by atoms with Crippen LogP contribution in [0.1, 0.15) is 22.3 Å². The van der Waals surface area contributed by atoms with Gasteiger partial charge in [0.05, 0.1) is 25.2 Å². The summed E-state index contributed by atoms with van der Waals surface area (Å²) in [5.41, 5.74) is 1.92. The summed E-state index contributed by atoms with van der Waals surface area (Å²) >= 11 is 1.29. The Morgan fingerprint density at radius 1 is 0.841 bits per heavy atom. The maximum absolute atomic E-state index is 13.5. The fourth-order valence-corrected chi connectivity index (χ4v) is 5.70. The van der Waals surface area contributed by atoms with Crippen molar-refractivity contribution < 1.29 is 28.7 Å². The van der Waals surface area contributed by atoms with Crippen LogP contribution in [-0.4, -0.2) is 43.1 Å². The van der Waals surface area contributed by atoms with E-state index in [0.29, 0.717) is 34.0 Å². The number of thioether (sulfide) groups is 1. The van der Waals surface area contributed by atoms with Gasteiger partial charge in [-0.05, 0) is 60.7 Å². The molecule has 0 bridgehead atoms. The molecule has 10 heteroatoms. The molecule has 0 aliphatic carbocycles. The zero-order valence-corrected chi connectivity index (χ0v) is 24.8. The molecule has 5 rings (SSSR count). The molecule has 1 aliphatic heterocycles. The second-order valence-corrected chi connectivity index (χ2v) is 10.9. The lowest BCUT2D eigenvalue weighted by Crippen LogP contribution is -2.31. The predicted octanol–water partition coefficient (Wildman–Crippen LogP) is 5.54. The van der Waals surface area contributed by atoms with Gasteiger partial charge in [0.1, 0.15) is 5.70 Å². The molecule has 0 saturated carbocycles. The Labute approximate surface area is 258 Å². The van der Waals surface area contributed by atoms with Crippen LogP contribution in [-0.2, 0) is 14.4 Å². The fraction of sp³-hybridized carbons (Fsp3) is 0.118. The molecule has 0 spiro atoms. The number of benzene rings is 4. The Kier molecular flexibility index (Phi) is 9.41. The van der Waals surface area contributed by atoms with E-state index in [1.807, 2.05) is 6.07 Å². The van der Waals surface area contributed by atoms with Crippen LogP contribution in [0.15, 0.2) is 114 Å². The molecule has 0 aromatic heterocycles. The number of anilines is 2. The van der Waals surface area contributed by atoms with Gasteiger partial charge in [-0.25, -0.2) is 4.90 Å². The molecule has 4 aromatic carbocycles. The third kappa shape index (κ3) is 6.82. The number of ether oxygens (including phenoxy) is 2. The highest BCUT2D eigenvalue weighted by molar-refractivity contribution is 8.00. The van der Waals surface area contributed by atoms with Crippen molar-refractivity contribution in [2.75, 3.05) is 24.4 Å². The molecule has 1 heterocycles. The third-order valence-corrected chi connectivity index (χ3v) is 7.97. The van der Waals surface area contributed by atoms with Gasteiger partial charge in [0, 0.05) is 28.1 Å². The average Bonchev–Trinajstić information content (AvgIpc) is 3.33. The number of carbonyl (C=O) groups is 4. The number of nitrogens with zero attached hydrogens (tertiary/aromatic N) is 1. The fourth-order valence-electron chi connectivity index (χ4n) is 4.65. The van der Waals surface area contributed by atoms with Crippen LogP contribution in [0, 0.1) is 0 Å². The molecule has 9 nitrogen and oxygen atoms in total. The SMILES string of the molecule is COc1cccc(/C=C(\NC(=O)c2ccccc2)C(=O)Nc2ccc(SC3CC(=O)N(c4ccccc4)C3=O)cc2)c1OC. The standard InChI is InChI=1S/C34H29N3O6S/c1-42-28-15-9-12-23(31(28)43-2)20-27(36-32(39)22-10-5-3-6-11-22)33(40)35-24-16-18-26(19-17-24)44-29-21-30(38)37(34(29)41)25-13-7-4-8-14-25/h3-20,29H,21H2,1-2H3,(H,35,40)(H,36,39)/b27-20-. The first kappa shape index (κ1) is 30.1. The zero-order valence-electron chi connectivity index (χ0n) is 24.0. The lowest BCUT2D eigenvalue weighted by Gasteiger charge is -2.15. The summed E-state index contributed by atoms with van der Waals surface area (Å²) in [5.74, 6) is -0.651. The average molecular weight is 608 g/mol. The maximum Gasteiger partial charge on any atom is 0.272 e. The van der Waals surface area contributed by atoms with Gasteiger partial charge >= 0.3 is 0 Å². The lowest BCUT2D eigenvalue weighted by atomic mass is 10.1. The van der Waals surface area contributed by atoms with E-state index in [-0.39, 0.29) is 23.9 Å². The topological polar surface area (TPSA) is 114 Å². The van der Waals surface area contributed by atoms with Crippen molar-refractivity contribution in [3.05, 3.63) is 120 Å². The van der Waals surface area contributed by atoms with Gasteiger partial charge in [0.2, 0.25) is 11.8 Å². The summed E-state index contributed by atoms with van der Waals surface area (Å²) in [7, 11) is 3.00. The van der Waals surface area contributed by atoms with Crippen molar-refractivity contribution in [3.63, 3.8) is 0 Å². The highest BCUT2D eigenvalue weighted by atomic mass is 32.2. The van der Waals surface area contributed by atoms with E-state index in [1.54, 1.807) is 97.1 Å². The molecule has 1 unspecified atom stereocenters. The number of rotatable bonds is 10. The monoisotopic (exact) mass is 607 g/mol. The molecular weight excluding hydrogens is 578 g/mol. The molecule has 1 aliphatic rings. The number of para-hydroxylation sites is 2. The van der Waals surface area contributed by atoms with Crippen molar-refractivity contribution in [2.24, 2.45) is 0 Å². The smallest absolute Gasteiger partial charge is 0.272 e. The van der Waals surface area contributed by atoms with E-state index in [4.69, 9.17) is 9.47 Å². The van der Waals surface area contributed by atoms with Crippen LogP contribution in [0.3, 0.4) is 0 Å². The molecule has 222 valence electrons. The van der Waals surface area contributed by atoms with E-state index in [2.05, 4.69) is 10.6 Å². The first-order valence-corrected chi connectivity index (χ1v) is 14.5. The zero-order chi connectivity index (χ0) is 31.1. The summed E-state index contributed by atoms with van der Waals surface area (Å²) in [6.45, 7) is 0. The molecule has 44 heavy (non-hydrogen) atoms. The second-order valence-electron chi connectivity index (χ2n) is 9.65. The van der Waals surface area contributed by atoms with Gasteiger partial charge in [-0.1, -0.05) is 48.5 Å². The van der Waals surface area contributed by atoms with E-state index in [9.17, 15) is 19.2 Å². The summed E-state index contributed by atoms with van der Waals surface area (Å²) in [6.07, 6.45) is 1.61. The highest BCUT2D eigenvalue weighted by Crippen LogP contribution is 2.35. The predicted molar refractivity (Wildman–Crippen MR) is 170 cm³/mol. The quantitative estimate of drug-likeness (QED) is 0.180. The minimum atomic E-state index is -0.561. The second kappa shape index (κ2) is 13.7. The van der Waals surface area contributed by atoms with Crippen molar-refractivity contribution in [1.29, 1.82) is 0 Å². The van der Waals surface area contributed by atoms with Gasteiger partial charge in [-0.2, -0.15) is 0 Å². The summed E-state index contributed by atoms with van der Waals surface area (Å²) in [4.78, 5) is 54.1. The Morgan fingerprint density at radius 2 is 1.52 bits per heavy atom. The van der Waals surface area contributed by atoms with Gasteiger partial charge in [-0.3, -0.25) is 19.2 Å². The van der Waals surface area contributed by atoms with Crippen LogP contribution in [0.25, 0.3) is 6.08 Å². The first-order chi connectivity index (χ1) is 21.4. The Balaban J connectivity index is 1.33. The van der Waals surface area contributed by atoms with Crippen molar-refractivity contribution in [3.8, 4) is 11.5 Å². The highest BCUT2D eigenvalue weighted by Gasteiger charge is 2.40. The molecular formula is C34H29N3O6S. The van der Waals surface area contributed by atoms with Gasteiger partial charge in [-0.15, -0.1) is 11.8 Å². The van der Waals surface area contributed by atoms with Crippen molar-refractivity contribution >= 4 is 52.8 Å². The van der Waals surface area contributed by atoms with E-state index >= 15 is 0 Å². The largest absolute Gasteiger partial charge is 0.493 e. The number of hydrogen-bond donors (Lipinski definition) is 2. The first-order valence-electron chi connectivity index (χ1n) is 13.7. The number of methoxy groups -OCH3 is 2. The number of carbonyl (C=O) groups excluding carboxylic acids is 4. The molecule has 4 amide bonds. The number of nitrogens with one attached hydrogen (secondary N) is 2. The van der Waals surface area contributed by atoms with Crippen LogP contribution in [0.5, 0.6) is 11.5 Å². The van der Waals surface area contributed by atoms with Crippen LogP contribution >= 0.6 is 11.8 Å². The van der Waals surface area contributed by atoms with Gasteiger partial charge < -0.3 is 20.1 Å². The van der Waals surface area contributed by atoms with Crippen LogP contribution in [0.4, 0.5) is 11.4 Å². The summed E-state index contributed by atoms with van der Waals surface area (Å²) < 4.78 is 10.9. The molecule has 0 radical (unpaired) electrons. The maximum atomic E-state index is 13.5. The molecule has 1 saturated heterocycles. The Hall–Kier alpha value is -5.35. The van der Waals surface area contributed by atoms with Crippen molar-refractivity contribution in [2.45, 2.75) is 16.6 Å². The van der Waals surface area contributed by atoms with Gasteiger partial charge in [0.15, 0.2) is 11.5 Å². The molecule has 1 atom stereocenters. The number of hydrogen-bond acceptors (Lipinski definition) is 7. The Bertz CT molecular complexity index is 1710. The molecule has 2 N–H and O–H groups in total. The Morgan fingerprint density at radius 3 is 2.18 bits per heavy atom. The van der Waals surface area contributed by atoms with E-state index in [1.165, 1.54) is 37.0 Å². The third-order valence-electron chi connectivity index (χ3n) is 6.77. The summed E-state index contributed by atoms with van der Waals surface area (Å²) in [5, 5.41) is 4.98. The molecule has 4 aromatic rings.